The molecule has 0 bridgehead atoms. The molecule has 1 heterocycles. The zero-order chi connectivity index (χ0) is 12.8. The molecule has 0 aliphatic carbocycles. The van der Waals surface area contributed by atoms with E-state index in [0.29, 0.717) is 29.3 Å². The second kappa shape index (κ2) is 6.61. The van der Waals surface area contributed by atoms with E-state index in [4.69, 9.17) is 11.6 Å². The summed E-state index contributed by atoms with van der Waals surface area (Å²) in [4.78, 5) is 23.4. The molecular weight excluding hydrogens is 262 g/mol. The van der Waals surface area contributed by atoms with Crippen molar-refractivity contribution in [1.29, 1.82) is 0 Å². The van der Waals surface area contributed by atoms with E-state index >= 15 is 0 Å². The predicted molar refractivity (Wildman–Crippen MR) is 69.0 cm³/mol. The monoisotopic (exact) mass is 275 g/mol. The molecule has 0 unspecified atom stereocenters. The minimum atomic E-state index is -0.434. The third-order valence-corrected chi connectivity index (χ3v) is 3.49. The van der Waals surface area contributed by atoms with Crippen molar-refractivity contribution in [2.45, 2.75) is 19.8 Å². The van der Waals surface area contributed by atoms with E-state index in [-0.39, 0.29) is 5.91 Å². The van der Waals surface area contributed by atoms with Crippen LogP contribution in [-0.4, -0.2) is 24.9 Å². The van der Waals surface area contributed by atoms with Gasteiger partial charge in [-0.1, -0.05) is 0 Å². The van der Waals surface area contributed by atoms with Crippen LogP contribution in [-0.2, 0) is 9.53 Å². The molecule has 6 heteroatoms. The van der Waals surface area contributed by atoms with Gasteiger partial charge in [-0.15, -0.1) is 22.9 Å². The SMILES string of the molecule is COC(=O)c1scc(C)c1NC(=O)CCCCl. The van der Waals surface area contributed by atoms with Crippen LogP contribution in [0.1, 0.15) is 28.1 Å². The molecule has 0 fully saturated rings. The van der Waals surface area contributed by atoms with Gasteiger partial charge in [-0.3, -0.25) is 4.79 Å². The minimum Gasteiger partial charge on any atom is -0.465 e. The van der Waals surface area contributed by atoms with Gasteiger partial charge in [-0.2, -0.15) is 0 Å². The Morgan fingerprint density at radius 1 is 1.53 bits per heavy atom. The maximum Gasteiger partial charge on any atom is 0.350 e. The summed E-state index contributed by atoms with van der Waals surface area (Å²) in [5, 5.41) is 4.53. The Morgan fingerprint density at radius 2 is 2.24 bits per heavy atom. The molecule has 0 saturated heterocycles. The Labute approximate surface area is 109 Å². The molecule has 0 radical (unpaired) electrons. The number of anilines is 1. The maximum absolute atomic E-state index is 11.6. The molecule has 17 heavy (non-hydrogen) atoms. The molecule has 0 spiro atoms. The van der Waals surface area contributed by atoms with Crippen LogP contribution in [0.3, 0.4) is 0 Å². The lowest BCUT2D eigenvalue weighted by Crippen LogP contribution is -2.14. The zero-order valence-electron chi connectivity index (χ0n) is 9.71. The van der Waals surface area contributed by atoms with Crippen molar-refractivity contribution in [3.05, 3.63) is 15.8 Å². The molecule has 0 atom stereocenters. The van der Waals surface area contributed by atoms with Crippen LogP contribution >= 0.6 is 22.9 Å². The number of rotatable bonds is 5. The number of hydrogen-bond donors (Lipinski definition) is 1. The lowest BCUT2D eigenvalue weighted by Gasteiger charge is -2.06. The van der Waals surface area contributed by atoms with Gasteiger partial charge in [0.2, 0.25) is 5.91 Å². The quantitative estimate of drug-likeness (QED) is 0.664. The number of thiophene rings is 1. The van der Waals surface area contributed by atoms with Gasteiger partial charge in [0.1, 0.15) is 4.88 Å². The summed E-state index contributed by atoms with van der Waals surface area (Å²) in [6.45, 7) is 1.83. The average Bonchev–Trinajstić information content (AvgIpc) is 2.67. The molecule has 1 amide bonds. The number of carbonyl (C=O) groups excluding carboxylic acids is 2. The minimum absolute atomic E-state index is 0.141. The Hall–Kier alpha value is -1.07. The van der Waals surface area contributed by atoms with Crippen molar-refractivity contribution in [2.24, 2.45) is 0 Å². The van der Waals surface area contributed by atoms with E-state index in [0.717, 1.165) is 5.56 Å². The molecule has 4 nitrogen and oxygen atoms in total. The molecule has 0 aliphatic rings. The summed E-state index contributed by atoms with van der Waals surface area (Å²) in [5.41, 5.74) is 1.40. The van der Waals surface area contributed by atoms with Gasteiger partial charge < -0.3 is 10.1 Å². The molecular formula is C11H14ClNO3S. The fourth-order valence-corrected chi connectivity index (χ4v) is 2.33. The first-order chi connectivity index (χ1) is 8.10. The molecule has 0 aromatic carbocycles. The summed E-state index contributed by atoms with van der Waals surface area (Å²) in [6, 6.07) is 0. The molecule has 1 aromatic heterocycles. The fraction of sp³-hybridized carbons (Fsp3) is 0.455. The maximum atomic E-state index is 11.6. The summed E-state index contributed by atoms with van der Waals surface area (Å²) in [7, 11) is 1.32. The van der Waals surface area contributed by atoms with Crippen LogP contribution in [0.5, 0.6) is 0 Å². The number of nitrogens with one attached hydrogen (secondary N) is 1. The molecule has 1 rings (SSSR count). The third kappa shape index (κ3) is 3.71. The lowest BCUT2D eigenvalue weighted by molar-refractivity contribution is -0.116. The van der Waals surface area contributed by atoms with Gasteiger partial charge in [-0.05, 0) is 24.3 Å². The van der Waals surface area contributed by atoms with Crippen LogP contribution in [0.15, 0.2) is 5.38 Å². The number of methoxy groups -OCH3 is 1. The number of amides is 1. The van der Waals surface area contributed by atoms with Gasteiger partial charge in [0, 0.05) is 12.3 Å². The van der Waals surface area contributed by atoms with E-state index < -0.39 is 5.97 Å². The molecule has 1 N–H and O–H groups in total. The smallest absolute Gasteiger partial charge is 0.350 e. The van der Waals surface area contributed by atoms with Crippen molar-refractivity contribution in [3.63, 3.8) is 0 Å². The topological polar surface area (TPSA) is 55.4 Å². The van der Waals surface area contributed by atoms with E-state index in [9.17, 15) is 9.59 Å². The third-order valence-electron chi connectivity index (χ3n) is 2.15. The van der Waals surface area contributed by atoms with Crippen molar-refractivity contribution < 1.29 is 14.3 Å². The standard InChI is InChI=1S/C11H14ClNO3S/c1-7-6-17-10(11(15)16-2)9(7)13-8(14)4-3-5-12/h6H,3-5H2,1-2H3,(H,13,14). The first kappa shape index (κ1) is 14.0. The van der Waals surface area contributed by atoms with Gasteiger partial charge >= 0.3 is 5.97 Å². The molecule has 0 aliphatic heterocycles. The second-order valence-electron chi connectivity index (χ2n) is 3.46. The number of ether oxygens (including phenoxy) is 1. The normalized spacial score (nSPS) is 10.1. The molecule has 0 saturated carbocycles. The Bertz CT molecular complexity index is 417. The van der Waals surface area contributed by atoms with Crippen molar-refractivity contribution in [3.8, 4) is 0 Å². The Morgan fingerprint density at radius 3 is 2.82 bits per heavy atom. The highest BCUT2D eigenvalue weighted by atomic mass is 35.5. The van der Waals surface area contributed by atoms with Crippen LogP contribution in [0.2, 0.25) is 0 Å². The highest BCUT2D eigenvalue weighted by molar-refractivity contribution is 7.12. The van der Waals surface area contributed by atoms with Crippen LogP contribution in [0.4, 0.5) is 5.69 Å². The van der Waals surface area contributed by atoms with E-state index in [1.54, 1.807) is 0 Å². The first-order valence-corrected chi connectivity index (χ1v) is 6.53. The van der Waals surface area contributed by atoms with Crippen LogP contribution in [0, 0.1) is 6.92 Å². The number of halogens is 1. The van der Waals surface area contributed by atoms with Gasteiger partial charge in [0.25, 0.3) is 0 Å². The van der Waals surface area contributed by atoms with Crippen molar-refractivity contribution in [1.82, 2.24) is 0 Å². The first-order valence-electron chi connectivity index (χ1n) is 5.12. The van der Waals surface area contributed by atoms with Gasteiger partial charge in [-0.25, -0.2) is 4.79 Å². The van der Waals surface area contributed by atoms with E-state index in [1.807, 2.05) is 12.3 Å². The number of alkyl halides is 1. The number of aryl methyl sites for hydroxylation is 1. The van der Waals surface area contributed by atoms with Crippen LogP contribution in [0.25, 0.3) is 0 Å². The largest absolute Gasteiger partial charge is 0.465 e. The van der Waals surface area contributed by atoms with E-state index in [1.165, 1.54) is 18.4 Å². The summed E-state index contributed by atoms with van der Waals surface area (Å²) >= 11 is 6.77. The molecule has 94 valence electrons. The number of hydrogen-bond acceptors (Lipinski definition) is 4. The lowest BCUT2D eigenvalue weighted by atomic mass is 10.2. The fourth-order valence-electron chi connectivity index (χ4n) is 1.27. The van der Waals surface area contributed by atoms with E-state index in [2.05, 4.69) is 10.1 Å². The summed E-state index contributed by atoms with van der Waals surface area (Å²) in [5.74, 6) is -0.132. The van der Waals surface area contributed by atoms with Crippen molar-refractivity contribution in [2.75, 3.05) is 18.3 Å². The zero-order valence-corrected chi connectivity index (χ0v) is 11.3. The summed E-state index contributed by atoms with van der Waals surface area (Å²) in [6.07, 6.45) is 0.962. The Kier molecular flexibility index (Phi) is 5.44. The van der Waals surface area contributed by atoms with Crippen LogP contribution < -0.4 is 5.32 Å². The summed E-state index contributed by atoms with van der Waals surface area (Å²) < 4.78 is 4.65. The van der Waals surface area contributed by atoms with Gasteiger partial charge in [0.05, 0.1) is 12.8 Å². The average molecular weight is 276 g/mol. The highest BCUT2D eigenvalue weighted by Crippen LogP contribution is 2.28. The number of carbonyl (C=O) groups is 2. The highest BCUT2D eigenvalue weighted by Gasteiger charge is 2.18. The second-order valence-corrected chi connectivity index (χ2v) is 4.71. The predicted octanol–water partition coefficient (Wildman–Crippen LogP) is 2.80. The van der Waals surface area contributed by atoms with Crippen molar-refractivity contribution >= 4 is 40.5 Å². The molecule has 1 aromatic rings. The van der Waals surface area contributed by atoms with Gasteiger partial charge in [0.15, 0.2) is 0 Å². The number of esters is 1. The Balaban J connectivity index is 2.79.